The summed E-state index contributed by atoms with van der Waals surface area (Å²) in [5.74, 6) is 2.32. The van der Waals surface area contributed by atoms with Gasteiger partial charge in [0.2, 0.25) is 12.7 Å². The number of furan rings is 1. The number of amides is 1. The van der Waals surface area contributed by atoms with Crippen LogP contribution in [0.3, 0.4) is 0 Å². The van der Waals surface area contributed by atoms with Gasteiger partial charge < -0.3 is 24.5 Å². The molecular weight excluding hydrogens is 344 g/mol. The topological polar surface area (TPSA) is 72.7 Å². The summed E-state index contributed by atoms with van der Waals surface area (Å²) >= 11 is 0. The van der Waals surface area contributed by atoms with Gasteiger partial charge in [-0.25, -0.2) is 0 Å². The maximum Gasteiger partial charge on any atom is 0.231 e. The standard InChI is InChI=1S/C21H20N2O4/c24-21(23-12-16-5-8-19-20(10-16)27-14-26-19)11-15-3-6-17(7-4-15)22-13-18-2-1-9-25-18/h1-10,22H,11-14H2,(H,23,24). The van der Waals surface area contributed by atoms with Gasteiger partial charge in [0.25, 0.3) is 0 Å². The largest absolute Gasteiger partial charge is 0.467 e. The summed E-state index contributed by atoms with van der Waals surface area (Å²) in [6.07, 6.45) is 1.99. The van der Waals surface area contributed by atoms with E-state index in [-0.39, 0.29) is 12.7 Å². The highest BCUT2D eigenvalue weighted by Gasteiger charge is 2.13. The number of anilines is 1. The summed E-state index contributed by atoms with van der Waals surface area (Å²) in [5, 5.41) is 6.21. The van der Waals surface area contributed by atoms with Gasteiger partial charge in [0.1, 0.15) is 5.76 Å². The van der Waals surface area contributed by atoms with Crippen LogP contribution in [0.2, 0.25) is 0 Å². The van der Waals surface area contributed by atoms with Crippen molar-refractivity contribution in [2.45, 2.75) is 19.5 Å². The highest BCUT2D eigenvalue weighted by molar-refractivity contribution is 5.78. The fraction of sp³-hybridized carbons (Fsp3) is 0.190. The van der Waals surface area contributed by atoms with Crippen LogP contribution in [0.1, 0.15) is 16.9 Å². The molecule has 0 spiro atoms. The number of benzene rings is 2. The molecule has 4 rings (SSSR count). The Morgan fingerprint density at radius 1 is 0.926 bits per heavy atom. The van der Waals surface area contributed by atoms with Crippen LogP contribution in [0, 0.1) is 0 Å². The first-order valence-corrected chi connectivity index (χ1v) is 8.77. The lowest BCUT2D eigenvalue weighted by molar-refractivity contribution is -0.120. The number of ether oxygens (including phenoxy) is 2. The number of rotatable bonds is 7. The second-order valence-electron chi connectivity index (χ2n) is 6.27. The Morgan fingerprint density at radius 3 is 2.56 bits per heavy atom. The van der Waals surface area contributed by atoms with Crippen molar-refractivity contribution in [3.8, 4) is 11.5 Å². The first-order chi connectivity index (χ1) is 13.3. The van der Waals surface area contributed by atoms with Crippen molar-refractivity contribution < 1.29 is 18.7 Å². The number of fused-ring (bicyclic) bond motifs is 1. The van der Waals surface area contributed by atoms with E-state index in [1.165, 1.54) is 0 Å². The summed E-state index contributed by atoms with van der Waals surface area (Å²) in [6, 6.07) is 17.3. The number of hydrogen-bond donors (Lipinski definition) is 2. The highest BCUT2D eigenvalue weighted by atomic mass is 16.7. The van der Waals surface area contributed by atoms with Crippen LogP contribution >= 0.6 is 0 Å². The van der Waals surface area contributed by atoms with Gasteiger partial charge in [-0.1, -0.05) is 18.2 Å². The van der Waals surface area contributed by atoms with E-state index in [9.17, 15) is 4.79 Å². The normalized spacial score (nSPS) is 12.0. The van der Waals surface area contributed by atoms with Crippen molar-refractivity contribution in [1.29, 1.82) is 0 Å². The van der Waals surface area contributed by atoms with Crippen LogP contribution in [0.15, 0.2) is 65.3 Å². The predicted molar refractivity (Wildman–Crippen MR) is 101 cm³/mol. The van der Waals surface area contributed by atoms with Gasteiger partial charge in [0.05, 0.1) is 19.2 Å². The lowest BCUT2D eigenvalue weighted by atomic mass is 10.1. The number of nitrogens with one attached hydrogen (secondary N) is 2. The Kier molecular flexibility index (Phi) is 4.96. The van der Waals surface area contributed by atoms with E-state index < -0.39 is 0 Å². The second-order valence-corrected chi connectivity index (χ2v) is 6.27. The van der Waals surface area contributed by atoms with Crippen molar-refractivity contribution in [1.82, 2.24) is 5.32 Å². The Morgan fingerprint density at radius 2 is 1.74 bits per heavy atom. The van der Waals surface area contributed by atoms with E-state index in [1.807, 2.05) is 54.6 Å². The van der Waals surface area contributed by atoms with Gasteiger partial charge in [-0.05, 0) is 47.5 Å². The SMILES string of the molecule is O=C(Cc1ccc(NCc2ccco2)cc1)NCc1ccc2c(c1)OCO2. The molecule has 27 heavy (non-hydrogen) atoms. The van der Waals surface area contributed by atoms with Crippen molar-refractivity contribution >= 4 is 11.6 Å². The maximum atomic E-state index is 12.2. The van der Waals surface area contributed by atoms with E-state index in [0.29, 0.717) is 19.5 Å². The molecule has 2 aromatic carbocycles. The Labute approximate surface area is 157 Å². The third-order valence-corrected chi connectivity index (χ3v) is 4.29. The quantitative estimate of drug-likeness (QED) is 0.672. The van der Waals surface area contributed by atoms with Gasteiger partial charge in [0.15, 0.2) is 11.5 Å². The van der Waals surface area contributed by atoms with Crippen LogP contribution in [0.5, 0.6) is 11.5 Å². The molecule has 0 radical (unpaired) electrons. The number of hydrogen-bond acceptors (Lipinski definition) is 5. The molecule has 1 aromatic heterocycles. The molecule has 1 aliphatic heterocycles. The lowest BCUT2D eigenvalue weighted by Gasteiger charge is -2.08. The van der Waals surface area contributed by atoms with E-state index in [4.69, 9.17) is 13.9 Å². The average molecular weight is 364 g/mol. The van der Waals surface area contributed by atoms with E-state index in [1.54, 1.807) is 6.26 Å². The first-order valence-electron chi connectivity index (χ1n) is 8.77. The zero-order valence-electron chi connectivity index (χ0n) is 14.7. The van der Waals surface area contributed by atoms with E-state index in [2.05, 4.69) is 10.6 Å². The van der Waals surface area contributed by atoms with Crippen LogP contribution < -0.4 is 20.1 Å². The van der Waals surface area contributed by atoms with Crippen LogP contribution in [0.25, 0.3) is 0 Å². The predicted octanol–water partition coefficient (Wildman–Crippen LogP) is 3.48. The fourth-order valence-electron chi connectivity index (χ4n) is 2.84. The Hall–Kier alpha value is -3.41. The summed E-state index contributed by atoms with van der Waals surface area (Å²) in [5.41, 5.74) is 2.92. The average Bonchev–Trinajstić information content (AvgIpc) is 3.37. The fourth-order valence-corrected chi connectivity index (χ4v) is 2.84. The third-order valence-electron chi connectivity index (χ3n) is 4.29. The monoisotopic (exact) mass is 364 g/mol. The Bertz CT molecular complexity index is 904. The van der Waals surface area contributed by atoms with E-state index >= 15 is 0 Å². The van der Waals surface area contributed by atoms with Crippen molar-refractivity contribution in [2.24, 2.45) is 0 Å². The van der Waals surface area contributed by atoms with E-state index in [0.717, 1.165) is 34.1 Å². The molecule has 0 aliphatic carbocycles. The molecule has 3 aromatic rings. The molecule has 0 bridgehead atoms. The molecule has 6 nitrogen and oxygen atoms in total. The van der Waals surface area contributed by atoms with Gasteiger partial charge in [-0.15, -0.1) is 0 Å². The van der Waals surface area contributed by atoms with Gasteiger partial charge in [0, 0.05) is 12.2 Å². The van der Waals surface area contributed by atoms with Crippen LogP contribution in [-0.4, -0.2) is 12.7 Å². The molecular formula is C21H20N2O4. The van der Waals surface area contributed by atoms with Crippen molar-refractivity contribution in [3.63, 3.8) is 0 Å². The van der Waals surface area contributed by atoms with Gasteiger partial charge in [-0.2, -0.15) is 0 Å². The first kappa shape index (κ1) is 17.0. The third kappa shape index (κ3) is 4.41. The zero-order chi connectivity index (χ0) is 18.5. The van der Waals surface area contributed by atoms with Crippen LogP contribution in [-0.2, 0) is 24.3 Å². The molecule has 1 amide bonds. The summed E-state index contributed by atoms with van der Waals surface area (Å²) in [4.78, 5) is 12.2. The van der Waals surface area contributed by atoms with Crippen LogP contribution in [0.4, 0.5) is 5.69 Å². The smallest absolute Gasteiger partial charge is 0.231 e. The minimum absolute atomic E-state index is 0.0241. The molecule has 1 aliphatic rings. The van der Waals surface area contributed by atoms with Gasteiger partial charge >= 0.3 is 0 Å². The molecule has 0 fully saturated rings. The highest BCUT2D eigenvalue weighted by Crippen LogP contribution is 2.32. The molecule has 0 saturated heterocycles. The lowest BCUT2D eigenvalue weighted by Crippen LogP contribution is -2.24. The molecule has 2 heterocycles. The maximum absolute atomic E-state index is 12.2. The molecule has 2 N–H and O–H groups in total. The second kappa shape index (κ2) is 7.86. The van der Waals surface area contributed by atoms with Crippen molar-refractivity contribution in [3.05, 3.63) is 77.7 Å². The minimum atomic E-state index is -0.0241. The molecule has 6 heteroatoms. The number of carbonyl (C=O) groups is 1. The minimum Gasteiger partial charge on any atom is -0.467 e. The molecule has 0 unspecified atom stereocenters. The Balaban J connectivity index is 1.25. The molecule has 0 atom stereocenters. The number of carbonyl (C=O) groups excluding carboxylic acids is 1. The molecule has 0 saturated carbocycles. The summed E-state index contributed by atoms with van der Waals surface area (Å²) in [7, 11) is 0. The van der Waals surface area contributed by atoms with Crippen molar-refractivity contribution in [2.75, 3.05) is 12.1 Å². The van der Waals surface area contributed by atoms with Gasteiger partial charge in [-0.3, -0.25) is 4.79 Å². The zero-order valence-corrected chi connectivity index (χ0v) is 14.7. The summed E-state index contributed by atoms with van der Waals surface area (Å²) in [6.45, 7) is 1.33. The summed E-state index contributed by atoms with van der Waals surface area (Å²) < 4.78 is 15.9. The molecule has 138 valence electrons.